The van der Waals surface area contributed by atoms with Crippen molar-refractivity contribution in [1.82, 2.24) is 19.4 Å². The van der Waals surface area contributed by atoms with Crippen LogP contribution in [0.1, 0.15) is 5.69 Å². The zero-order chi connectivity index (χ0) is 11.0. The Bertz CT molecular complexity index is 628. The van der Waals surface area contributed by atoms with Gasteiger partial charge < -0.3 is 0 Å². The Morgan fingerprint density at radius 1 is 1.12 bits per heavy atom. The fourth-order valence-corrected chi connectivity index (χ4v) is 1.71. The van der Waals surface area contributed by atoms with E-state index in [2.05, 4.69) is 15.0 Å². The van der Waals surface area contributed by atoms with Gasteiger partial charge in [-0.05, 0) is 19.1 Å². The standard InChI is InChI=1S/C12H10N4/c1-9-8-16-11(6-15-12(16)7-14-9)10-3-2-4-13-5-10/h2-8H,1H3. The molecule has 0 aliphatic carbocycles. The number of nitrogens with zero attached hydrogens (tertiary/aromatic N) is 4. The van der Waals surface area contributed by atoms with Gasteiger partial charge >= 0.3 is 0 Å². The summed E-state index contributed by atoms with van der Waals surface area (Å²) >= 11 is 0. The van der Waals surface area contributed by atoms with Gasteiger partial charge in [-0.3, -0.25) is 14.4 Å². The first-order valence-corrected chi connectivity index (χ1v) is 5.05. The van der Waals surface area contributed by atoms with Gasteiger partial charge in [-0.25, -0.2) is 4.98 Å². The quantitative estimate of drug-likeness (QED) is 0.617. The van der Waals surface area contributed by atoms with E-state index in [4.69, 9.17) is 0 Å². The lowest BCUT2D eigenvalue weighted by Gasteiger charge is -2.01. The van der Waals surface area contributed by atoms with Crippen LogP contribution in [0.4, 0.5) is 0 Å². The maximum Gasteiger partial charge on any atom is 0.155 e. The van der Waals surface area contributed by atoms with E-state index in [1.807, 2.05) is 42.0 Å². The molecule has 0 saturated heterocycles. The first-order valence-electron chi connectivity index (χ1n) is 5.05. The molecule has 3 rings (SSSR count). The highest BCUT2D eigenvalue weighted by Gasteiger charge is 2.05. The van der Waals surface area contributed by atoms with E-state index < -0.39 is 0 Å². The number of aryl methyl sites for hydroxylation is 1. The maximum absolute atomic E-state index is 4.31. The third-order valence-electron chi connectivity index (χ3n) is 2.48. The first-order chi connectivity index (χ1) is 7.84. The lowest BCUT2D eigenvalue weighted by Crippen LogP contribution is -1.92. The Morgan fingerprint density at radius 3 is 2.88 bits per heavy atom. The minimum absolute atomic E-state index is 0.851. The number of pyridine rings is 1. The average molecular weight is 210 g/mol. The molecule has 0 saturated carbocycles. The molecular formula is C12H10N4. The van der Waals surface area contributed by atoms with Crippen LogP contribution in [-0.2, 0) is 0 Å². The van der Waals surface area contributed by atoms with Gasteiger partial charge in [-0.1, -0.05) is 0 Å². The van der Waals surface area contributed by atoms with Crippen LogP contribution in [-0.4, -0.2) is 19.4 Å². The molecule has 16 heavy (non-hydrogen) atoms. The molecule has 0 bridgehead atoms. The molecule has 0 aliphatic heterocycles. The molecule has 78 valence electrons. The monoisotopic (exact) mass is 210 g/mol. The maximum atomic E-state index is 4.31. The van der Waals surface area contributed by atoms with Gasteiger partial charge in [0.1, 0.15) is 0 Å². The van der Waals surface area contributed by atoms with Crippen molar-refractivity contribution in [3.63, 3.8) is 0 Å². The molecule has 0 aromatic carbocycles. The molecular weight excluding hydrogens is 200 g/mol. The summed E-state index contributed by atoms with van der Waals surface area (Å²) in [6.07, 6.45) is 9.19. The van der Waals surface area contributed by atoms with Crippen molar-refractivity contribution in [2.45, 2.75) is 6.92 Å². The van der Waals surface area contributed by atoms with Crippen LogP contribution in [0.2, 0.25) is 0 Å². The summed E-state index contributed by atoms with van der Waals surface area (Å²) in [4.78, 5) is 12.6. The fraction of sp³-hybridized carbons (Fsp3) is 0.0833. The van der Waals surface area contributed by atoms with Gasteiger partial charge in [0.05, 0.1) is 23.8 Å². The van der Waals surface area contributed by atoms with Crippen LogP contribution >= 0.6 is 0 Å². The predicted octanol–water partition coefficient (Wildman–Crippen LogP) is 2.10. The van der Waals surface area contributed by atoms with Crippen molar-refractivity contribution in [3.8, 4) is 11.3 Å². The number of aromatic nitrogens is 4. The zero-order valence-corrected chi connectivity index (χ0v) is 8.83. The van der Waals surface area contributed by atoms with Gasteiger partial charge in [0.25, 0.3) is 0 Å². The molecule has 0 aliphatic rings. The average Bonchev–Trinajstić information content (AvgIpc) is 2.73. The van der Waals surface area contributed by atoms with Crippen molar-refractivity contribution in [2.75, 3.05) is 0 Å². The summed E-state index contributed by atoms with van der Waals surface area (Å²) in [6.45, 7) is 1.96. The van der Waals surface area contributed by atoms with Crippen LogP contribution in [0, 0.1) is 6.92 Å². The van der Waals surface area contributed by atoms with Crippen LogP contribution < -0.4 is 0 Å². The van der Waals surface area contributed by atoms with E-state index in [1.165, 1.54) is 0 Å². The molecule has 3 heterocycles. The first kappa shape index (κ1) is 9.03. The van der Waals surface area contributed by atoms with Crippen molar-refractivity contribution < 1.29 is 0 Å². The van der Waals surface area contributed by atoms with Crippen LogP contribution in [0.25, 0.3) is 16.9 Å². The Balaban J connectivity index is 2.29. The summed E-state index contributed by atoms with van der Waals surface area (Å²) in [5.41, 5.74) is 3.91. The summed E-state index contributed by atoms with van der Waals surface area (Å²) in [7, 11) is 0. The van der Waals surface area contributed by atoms with Gasteiger partial charge in [-0.15, -0.1) is 0 Å². The van der Waals surface area contributed by atoms with Crippen LogP contribution in [0.15, 0.2) is 43.1 Å². The topological polar surface area (TPSA) is 43.1 Å². The fourth-order valence-electron chi connectivity index (χ4n) is 1.71. The second kappa shape index (κ2) is 3.41. The van der Waals surface area contributed by atoms with Gasteiger partial charge in [0.15, 0.2) is 5.65 Å². The second-order valence-electron chi connectivity index (χ2n) is 3.64. The van der Waals surface area contributed by atoms with E-state index in [1.54, 1.807) is 12.4 Å². The highest BCUT2D eigenvalue weighted by molar-refractivity contribution is 5.62. The molecule has 3 aromatic rings. The summed E-state index contributed by atoms with van der Waals surface area (Å²) in [5.74, 6) is 0. The lowest BCUT2D eigenvalue weighted by molar-refractivity contribution is 1.07. The Morgan fingerprint density at radius 2 is 2.06 bits per heavy atom. The molecule has 0 amide bonds. The third-order valence-corrected chi connectivity index (χ3v) is 2.48. The number of imidazole rings is 1. The Hall–Kier alpha value is -2.23. The summed E-state index contributed by atoms with van der Waals surface area (Å²) < 4.78 is 2.03. The van der Waals surface area contributed by atoms with E-state index in [9.17, 15) is 0 Å². The molecule has 0 atom stereocenters. The molecule has 0 spiro atoms. The summed E-state index contributed by atoms with van der Waals surface area (Å²) in [6, 6.07) is 3.94. The molecule has 3 aromatic heterocycles. The zero-order valence-electron chi connectivity index (χ0n) is 8.83. The smallest absolute Gasteiger partial charge is 0.155 e. The van der Waals surface area contributed by atoms with Crippen LogP contribution in [0.3, 0.4) is 0 Å². The molecule has 0 fully saturated rings. The highest BCUT2D eigenvalue weighted by atomic mass is 15.0. The highest BCUT2D eigenvalue weighted by Crippen LogP contribution is 2.19. The Kier molecular flexibility index (Phi) is 1.93. The number of rotatable bonds is 1. The predicted molar refractivity (Wildman–Crippen MR) is 61.0 cm³/mol. The van der Waals surface area contributed by atoms with E-state index in [-0.39, 0.29) is 0 Å². The minimum Gasteiger partial charge on any atom is -0.297 e. The normalized spacial score (nSPS) is 10.8. The molecule has 4 heteroatoms. The van der Waals surface area contributed by atoms with E-state index in [0.29, 0.717) is 0 Å². The number of hydrogen-bond donors (Lipinski definition) is 0. The number of hydrogen-bond acceptors (Lipinski definition) is 3. The van der Waals surface area contributed by atoms with Crippen molar-refractivity contribution in [3.05, 3.63) is 48.8 Å². The molecule has 0 radical (unpaired) electrons. The van der Waals surface area contributed by atoms with Gasteiger partial charge in [0.2, 0.25) is 0 Å². The SMILES string of the molecule is Cc1cn2c(-c3cccnc3)cnc2cn1. The van der Waals surface area contributed by atoms with E-state index in [0.717, 1.165) is 22.6 Å². The van der Waals surface area contributed by atoms with Crippen molar-refractivity contribution >= 4 is 5.65 Å². The van der Waals surface area contributed by atoms with Gasteiger partial charge in [0, 0.05) is 24.2 Å². The van der Waals surface area contributed by atoms with Crippen molar-refractivity contribution in [2.24, 2.45) is 0 Å². The van der Waals surface area contributed by atoms with E-state index >= 15 is 0 Å². The third kappa shape index (κ3) is 1.35. The second-order valence-corrected chi connectivity index (χ2v) is 3.64. The largest absolute Gasteiger partial charge is 0.297 e. The Labute approximate surface area is 92.6 Å². The van der Waals surface area contributed by atoms with Crippen molar-refractivity contribution in [1.29, 1.82) is 0 Å². The molecule has 0 N–H and O–H groups in total. The van der Waals surface area contributed by atoms with Crippen LogP contribution in [0.5, 0.6) is 0 Å². The number of fused-ring (bicyclic) bond motifs is 1. The molecule has 0 unspecified atom stereocenters. The lowest BCUT2D eigenvalue weighted by atomic mass is 10.2. The minimum atomic E-state index is 0.851. The van der Waals surface area contributed by atoms with Gasteiger partial charge in [-0.2, -0.15) is 0 Å². The summed E-state index contributed by atoms with van der Waals surface area (Å²) in [5, 5.41) is 0. The molecule has 4 nitrogen and oxygen atoms in total.